The maximum Gasteiger partial charge on any atom is 0.330 e. The summed E-state index contributed by atoms with van der Waals surface area (Å²) in [4.78, 5) is 23.9. The Morgan fingerprint density at radius 3 is 2.76 bits per heavy atom. The van der Waals surface area contributed by atoms with E-state index >= 15 is 0 Å². The molecule has 0 radical (unpaired) electrons. The van der Waals surface area contributed by atoms with Gasteiger partial charge in [0.05, 0.1) is 0 Å². The van der Waals surface area contributed by atoms with Gasteiger partial charge in [-0.05, 0) is 18.2 Å². The fourth-order valence-electron chi connectivity index (χ4n) is 1.85. The SMILES string of the molecule is COC1C(=O)N(c2cccc(Cl)c2)C1C(=O)O. The molecule has 1 amide bonds. The van der Waals surface area contributed by atoms with E-state index in [4.69, 9.17) is 21.4 Å². The number of benzene rings is 1. The molecule has 1 aromatic rings. The molecule has 0 saturated carbocycles. The van der Waals surface area contributed by atoms with E-state index in [2.05, 4.69) is 0 Å². The van der Waals surface area contributed by atoms with E-state index < -0.39 is 18.1 Å². The maximum atomic E-state index is 11.7. The van der Waals surface area contributed by atoms with Gasteiger partial charge in [-0.25, -0.2) is 4.79 Å². The van der Waals surface area contributed by atoms with Crippen LogP contribution in [-0.2, 0) is 14.3 Å². The first kappa shape index (κ1) is 11.9. The van der Waals surface area contributed by atoms with Crippen molar-refractivity contribution in [2.45, 2.75) is 12.1 Å². The van der Waals surface area contributed by atoms with E-state index in [1.807, 2.05) is 0 Å². The molecule has 1 aliphatic rings. The number of amides is 1. The molecule has 2 unspecified atom stereocenters. The summed E-state index contributed by atoms with van der Waals surface area (Å²) >= 11 is 5.80. The summed E-state index contributed by atoms with van der Waals surface area (Å²) in [7, 11) is 1.31. The third-order valence-electron chi connectivity index (χ3n) is 2.64. The lowest BCUT2D eigenvalue weighted by atomic mass is 9.97. The van der Waals surface area contributed by atoms with Gasteiger partial charge in [-0.1, -0.05) is 17.7 Å². The lowest BCUT2D eigenvalue weighted by Gasteiger charge is -2.43. The zero-order valence-corrected chi connectivity index (χ0v) is 9.72. The van der Waals surface area contributed by atoms with Crippen molar-refractivity contribution in [2.24, 2.45) is 0 Å². The fraction of sp³-hybridized carbons (Fsp3) is 0.273. The molecule has 0 aliphatic carbocycles. The Hall–Kier alpha value is -1.59. The number of anilines is 1. The molecular formula is C11H10ClNO4. The van der Waals surface area contributed by atoms with Gasteiger partial charge in [-0.3, -0.25) is 9.69 Å². The van der Waals surface area contributed by atoms with Crippen LogP contribution < -0.4 is 4.90 Å². The Morgan fingerprint density at radius 2 is 2.24 bits per heavy atom. The molecule has 6 heteroatoms. The number of carbonyl (C=O) groups is 2. The van der Waals surface area contributed by atoms with E-state index in [0.29, 0.717) is 10.7 Å². The first-order valence-corrected chi connectivity index (χ1v) is 5.28. The van der Waals surface area contributed by atoms with Crippen LogP contribution in [-0.4, -0.2) is 36.2 Å². The quantitative estimate of drug-likeness (QED) is 0.823. The van der Waals surface area contributed by atoms with Crippen molar-refractivity contribution in [3.8, 4) is 0 Å². The van der Waals surface area contributed by atoms with Gasteiger partial charge in [-0.2, -0.15) is 0 Å². The predicted molar refractivity (Wildman–Crippen MR) is 61.2 cm³/mol. The summed E-state index contributed by atoms with van der Waals surface area (Å²) in [6, 6.07) is 5.49. The summed E-state index contributed by atoms with van der Waals surface area (Å²) in [6.07, 6.45) is -0.925. The number of methoxy groups -OCH3 is 1. The molecule has 2 atom stereocenters. The fourth-order valence-corrected chi connectivity index (χ4v) is 2.03. The van der Waals surface area contributed by atoms with Crippen molar-refractivity contribution < 1.29 is 19.4 Å². The number of carboxylic acids is 1. The third-order valence-corrected chi connectivity index (χ3v) is 2.87. The van der Waals surface area contributed by atoms with Crippen LogP contribution in [0.25, 0.3) is 0 Å². The standard InChI is InChI=1S/C11H10ClNO4/c1-17-9-8(11(15)16)13(10(9)14)7-4-2-3-6(12)5-7/h2-5,8-9H,1H3,(H,15,16). The molecule has 1 aliphatic heterocycles. The van der Waals surface area contributed by atoms with Gasteiger partial charge in [-0.15, -0.1) is 0 Å². The van der Waals surface area contributed by atoms with Crippen molar-refractivity contribution in [1.29, 1.82) is 0 Å². The highest BCUT2D eigenvalue weighted by molar-refractivity contribution is 6.31. The first-order valence-electron chi connectivity index (χ1n) is 4.90. The molecule has 5 nitrogen and oxygen atoms in total. The van der Waals surface area contributed by atoms with Crippen LogP contribution in [0.3, 0.4) is 0 Å². The lowest BCUT2D eigenvalue weighted by molar-refractivity contribution is -0.155. The van der Waals surface area contributed by atoms with Gasteiger partial charge in [0, 0.05) is 17.8 Å². The predicted octanol–water partition coefficient (Wildman–Crippen LogP) is 1.15. The van der Waals surface area contributed by atoms with Crippen LogP contribution in [0.1, 0.15) is 0 Å². The average Bonchev–Trinajstić information content (AvgIpc) is 2.26. The Labute approximate surface area is 103 Å². The Bertz CT molecular complexity index is 476. The van der Waals surface area contributed by atoms with Crippen molar-refractivity contribution in [3.05, 3.63) is 29.3 Å². The lowest BCUT2D eigenvalue weighted by Crippen LogP contribution is -2.69. The highest BCUT2D eigenvalue weighted by Crippen LogP contribution is 2.31. The normalized spacial score (nSPS) is 23.4. The van der Waals surface area contributed by atoms with Gasteiger partial charge in [0.25, 0.3) is 5.91 Å². The second kappa shape index (κ2) is 4.35. The molecule has 0 spiro atoms. The summed E-state index contributed by atoms with van der Waals surface area (Å²) in [5, 5.41) is 9.49. The molecule has 1 aromatic carbocycles. The van der Waals surface area contributed by atoms with E-state index in [9.17, 15) is 9.59 Å². The molecule has 1 N–H and O–H groups in total. The Balaban J connectivity index is 2.32. The summed E-state index contributed by atoms with van der Waals surface area (Å²) < 4.78 is 4.85. The van der Waals surface area contributed by atoms with Crippen LogP contribution in [0.2, 0.25) is 5.02 Å². The van der Waals surface area contributed by atoms with E-state index in [-0.39, 0.29) is 5.91 Å². The first-order chi connectivity index (χ1) is 8.06. The van der Waals surface area contributed by atoms with Crippen LogP contribution in [0.4, 0.5) is 5.69 Å². The van der Waals surface area contributed by atoms with Crippen LogP contribution in [0, 0.1) is 0 Å². The minimum atomic E-state index is -1.10. The van der Waals surface area contributed by atoms with Crippen molar-refractivity contribution >= 4 is 29.2 Å². The minimum Gasteiger partial charge on any atom is -0.480 e. The second-order valence-corrected chi connectivity index (χ2v) is 4.06. The number of ether oxygens (including phenoxy) is 1. The summed E-state index contributed by atoms with van der Waals surface area (Å²) in [5.41, 5.74) is 0.461. The monoisotopic (exact) mass is 255 g/mol. The summed E-state index contributed by atoms with van der Waals surface area (Å²) in [5.74, 6) is -1.47. The molecule has 0 aromatic heterocycles. The van der Waals surface area contributed by atoms with E-state index in [0.717, 1.165) is 0 Å². The number of carbonyl (C=O) groups excluding carboxylic acids is 1. The van der Waals surface area contributed by atoms with Gasteiger partial charge < -0.3 is 9.84 Å². The molecule has 1 heterocycles. The number of halogens is 1. The maximum absolute atomic E-state index is 11.7. The molecule has 0 bridgehead atoms. The Kier molecular flexibility index (Phi) is 3.04. The van der Waals surface area contributed by atoms with E-state index in [1.165, 1.54) is 12.0 Å². The van der Waals surface area contributed by atoms with Gasteiger partial charge >= 0.3 is 5.97 Å². The van der Waals surface area contributed by atoms with Gasteiger partial charge in [0.1, 0.15) is 0 Å². The number of hydrogen-bond acceptors (Lipinski definition) is 3. The minimum absolute atomic E-state index is 0.373. The second-order valence-electron chi connectivity index (χ2n) is 3.63. The largest absolute Gasteiger partial charge is 0.480 e. The smallest absolute Gasteiger partial charge is 0.330 e. The van der Waals surface area contributed by atoms with Crippen molar-refractivity contribution in [1.82, 2.24) is 0 Å². The molecule has 1 fully saturated rings. The van der Waals surface area contributed by atoms with Gasteiger partial charge in [0.15, 0.2) is 12.1 Å². The van der Waals surface area contributed by atoms with Crippen LogP contribution >= 0.6 is 11.6 Å². The number of nitrogens with zero attached hydrogens (tertiary/aromatic N) is 1. The zero-order chi connectivity index (χ0) is 12.6. The van der Waals surface area contributed by atoms with Crippen LogP contribution in [0.15, 0.2) is 24.3 Å². The number of aliphatic carboxylic acids is 1. The third kappa shape index (κ3) is 1.87. The number of hydrogen-bond donors (Lipinski definition) is 1. The number of β-lactam (4-membered cyclic amide) rings is 1. The Morgan fingerprint density at radius 1 is 1.53 bits per heavy atom. The average molecular weight is 256 g/mol. The molecule has 1 saturated heterocycles. The highest BCUT2D eigenvalue weighted by Gasteiger charge is 2.53. The molecular weight excluding hydrogens is 246 g/mol. The topological polar surface area (TPSA) is 66.8 Å². The van der Waals surface area contributed by atoms with Crippen molar-refractivity contribution in [2.75, 3.05) is 12.0 Å². The highest BCUT2D eigenvalue weighted by atomic mass is 35.5. The van der Waals surface area contributed by atoms with Gasteiger partial charge in [0.2, 0.25) is 0 Å². The molecule has 90 valence electrons. The number of rotatable bonds is 3. The summed E-state index contributed by atoms with van der Waals surface area (Å²) in [6.45, 7) is 0. The van der Waals surface area contributed by atoms with E-state index in [1.54, 1.807) is 24.3 Å². The zero-order valence-electron chi connectivity index (χ0n) is 8.96. The molecule has 17 heavy (non-hydrogen) atoms. The van der Waals surface area contributed by atoms with Crippen molar-refractivity contribution in [3.63, 3.8) is 0 Å². The molecule has 2 rings (SSSR count). The number of carboxylic acid groups (broad SMARTS) is 1. The van der Waals surface area contributed by atoms with Crippen LogP contribution in [0.5, 0.6) is 0 Å².